The van der Waals surface area contributed by atoms with Crippen LogP contribution in [0.25, 0.3) is 0 Å². The summed E-state index contributed by atoms with van der Waals surface area (Å²) in [5.74, 6) is 0.444. The van der Waals surface area contributed by atoms with E-state index in [4.69, 9.17) is 10.5 Å². The van der Waals surface area contributed by atoms with E-state index in [0.29, 0.717) is 18.6 Å². The Morgan fingerprint density at radius 2 is 1.75 bits per heavy atom. The predicted molar refractivity (Wildman–Crippen MR) is 122 cm³/mol. The first kappa shape index (κ1) is 27.9. The van der Waals surface area contributed by atoms with Crippen LogP contribution in [0.15, 0.2) is 24.3 Å². The fourth-order valence-corrected chi connectivity index (χ4v) is 4.16. The summed E-state index contributed by atoms with van der Waals surface area (Å²) >= 11 is 1.54. The molecule has 1 aromatic rings. The van der Waals surface area contributed by atoms with Crippen LogP contribution in [0.5, 0.6) is 5.75 Å². The van der Waals surface area contributed by atoms with Crippen LogP contribution >= 0.6 is 0 Å². The SMILES string of the molecule is CCC(=O)C(N)CCC(=O)NNC(=O)NCCOc1ccc(C[CH]([Sb])C(=O)C(C)C)cc1. The molecule has 0 saturated heterocycles. The summed E-state index contributed by atoms with van der Waals surface area (Å²) in [7, 11) is 0. The van der Waals surface area contributed by atoms with Crippen molar-refractivity contribution in [3.05, 3.63) is 29.8 Å². The zero-order valence-electron chi connectivity index (χ0n) is 18.8. The number of carbonyl (C=O) groups is 4. The van der Waals surface area contributed by atoms with E-state index in [-0.39, 0.29) is 47.3 Å². The third-order valence-corrected chi connectivity index (χ3v) is 5.91. The second-order valence-corrected chi connectivity index (χ2v) is 9.44. The van der Waals surface area contributed by atoms with Crippen molar-refractivity contribution in [3.63, 3.8) is 0 Å². The van der Waals surface area contributed by atoms with Crippen molar-refractivity contribution >= 4 is 46.5 Å². The van der Waals surface area contributed by atoms with E-state index in [1.807, 2.05) is 38.1 Å². The van der Waals surface area contributed by atoms with E-state index in [9.17, 15) is 19.2 Å². The topological polar surface area (TPSA) is 140 Å². The summed E-state index contributed by atoms with van der Waals surface area (Å²) in [6.07, 6.45) is 1.30. The van der Waals surface area contributed by atoms with E-state index >= 15 is 0 Å². The van der Waals surface area contributed by atoms with E-state index in [1.54, 1.807) is 6.92 Å². The number of benzene rings is 1. The van der Waals surface area contributed by atoms with Gasteiger partial charge in [0.25, 0.3) is 0 Å². The molecule has 10 heteroatoms. The third kappa shape index (κ3) is 11.0. The van der Waals surface area contributed by atoms with Gasteiger partial charge in [-0.15, -0.1) is 0 Å². The Balaban J connectivity index is 2.22. The number of urea groups is 1. The standard InChI is InChI=1S/C22H33N4O5.Sb/c1-4-19(27)18(23)10-12-21(29)25-26-22(30)24-13-14-31-17-8-5-16(6-9-17)7-11-20(28)15(2)3;/h5-6,8-9,11,15,18H,4,7,10,12-14,23H2,1-3H3,(H,25,29)(H2,24,26,30);. The van der Waals surface area contributed by atoms with Crippen molar-refractivity contribution in [2.24, 2.45) is 11.7 Å². The zero-order chi connectivity index (χ0) is 24.1. The number of ether oxygens (including phenoxy) is 1. The molecule has 0 heterocycles. The van der Waals surface area contributed by atoms with Gasteiger partial charge in [0, 0.05) is 12.8 Å². The molecule has 0 saturated carbocycles. The summed E-state index contributed by atoms with van der Waals surface area (Å²) in [5.41, 5.74) is 11.2. The molecule has 0 aliphatic carbocycles. The van der Waals surface area contributed by atoms with Crippen molar-refractivity contribution < 1.29 is 23.9 Å². The van der Waals surface area contributed by atoms with Gasteiger partial charge in [0.2, 0.25) is 5.91 Å². The maximum absolute atomic E-state index is 12.0. The molecule has 1 rings (SSSR count). The number of nitrogens with one attached hydrogen (secondary N) is 3. The van der Waals surface area contributed by atoms with Gasteiger partial charge in [-0.1, -0.05) is 6.92 Å². The molecule has 5 N–H and O–H groups in total. The number of hydrogen-bond acceptors (Lipinski definition) is 6. The molecule has 3 amide bonds. The van der Waals surface area contributed by atoms with Crippen molar-refractivity contribution in [2.75, 3.05) is 13.2 Å². The minimum absolute atomic E-state index is 0.0227. The van der Waals surface area contributed by atoms with E-state index in [2.05, 4.69) is 16.2 Å². The molecule has 2 radical (unpaired) electrons. The Morgan fingerprint density at radius 1 is 1.09 bits per heavy atom. The van der Waals surface area contributed by atoms with Gasteiger partial charge in [-0.3, -0.25) is 15.0 Å². The van der Waals surface area contributed by atoms with Gasteiger partial charge in [-0.05, 0) is 6.42 Å². The first-order chi connectivity index (χ1) is 15.1. The van der Waals surface area contributed by atoms with Crippen LogP contribution in [-0.2, 0) is 20.8 Å². The second kappa shape index (κ2) is 14.8. The Bertz CT molecular complexity index is 770. The van der Waals surface area contributed by atoms with Gasteiger partial charge in [-0.2, -0.15) is 0 Å². The number of ketones is 2. The molecule has 0 aromatic heterocycles. The summed E-state index contributed by atoms with van der Waals surface area (Å²) in [6.45, 7) is 6.03. The zero-order valence-corrected chi connectivity index (χ0v) is 21.4. The Kier molecular flexibility index (Phi) is 13.0. The molecule has 0 bridgehead atoms. The fourth-order valence-electron chi connectivity index (χ4n) is 2.71. The number of hydrazine groups is 1. The van der Waals surface area contributed by atoms with Crippen LogP contribution in [0.4, 0.5) is 4.79 Å². The molecule has 0 aliphatic rings. The fraction of sp³-hybridized carbons (Fsp3) is 0.545. The van der Waals surface area contributed by atoms with Gasteiger partial charge in [0.05, 0.1) is 6.04 Å². The summed E-state index contributed by atoms with van der Waals surface area (Å²) in [4.78, 5) is 46.8. The number of hydrogen-bond donors (Lipinski definition) is 4. The molecule has 32 heavy (non-hydrogen) atoms. The summed E-state index contributed by atoms with van der Waals surface area (Å²) in [6, 6.07) is 6.30. The second-order valence-electron chi connectivity index (χ2n) is 7.66. The number of rotatable bonds is 13. The molecule has 176 valence electrons. The van der Waals surface area contributed by atoms with Crippen molar-refractivity contribution in [2.45, 2.75) is 56.4 Å². The van der Waals surface area contributed by atoms with Crippen LogP contribution in [0.2, 0.25) is 3.86 Å². The average molecular weight is 555 g/mol. The van der Waals surface area contributed by atoms with Gasteiger partial charge < -0.3 is 5.73 Å². The van der Waals surface area contributed by atoms with Gasteiger partial charge in [0.15, 0.2) is 0 Å². The van der Waals surface area contributed by atoms with Crippen LogP contribution < -0.4 is 26.6 Å². The molecule has 2 unspecified atom stereocenters. The third-order valence-electron chi connectivity index (χ3n) is 4.67. The van der Waals surface area contributed by atoms with Crippen molar-refractivity contribution in [1.82, 2.24) is 16.2 Å². The average Bonchev–Trinajstić information content (AvgIpc) is 2.78. The quantitative estimate of drug-likeness (QED) is 0.164. The van der Waals surface area contributed by atoms with Gasteiger partial charge in [0.1, 0.15) is 5.78 Å². The Morgan fingerprint density at radius 3 is 2.34 bits per heavy atom. The van der Waals surface area contributed by atoms with Crippen LogP contribution in [0.3, 0.4) is 0 Å². The summed E-state index contributed by atoms with van der Waals surface area (Å²) in [5, 5.41) is 2.56. The molecule has 0 spiro atoms. The monoisotopic (exact) mass is 554 g/mol. The van der Waals surface area contributed by atoms with Gasteiger partial charge >= 0.3 is 139 Å². The van der Waals surface area contributed by atoms with Crippen LogP contribution in [-0.4, -0.2) is 65.7 Å². The normalized spacial score (nSPS) is 12.6. The first-order valence-electron chi connectivity index (χ1n) is 10.7. The van der Waals surface area contributed by atoms with E-state index < -0.39 is 18.0 Å². The molecule has 9 nitrogen and oxygen atoms in total. The molecule has 2 atom stereocenters. The van der Waals surface area contributed by atoms with Crippen LogP contribution in [0.1, 0.15) is 45.6 Å². The van der Waals surface area contributed by atoms with Crippen LogP contribution in [0, 0.1) is 5.92 Å². The molecule has 0 fully saturated rings. The maximum atomic E-state index is 12.0. The number of carbonyl (C=O) groups excluding carboxylic acids is 4. The molecular formula is C22H33N4O5Sb. The summed E-state index contributed by atoms with van der Waals surface area (Å²) < 4.78 is 5.61. The number of nitrogens with two attached hydrogens (primary N) is 1. The Labute approximate surface area is 203 Å². The number of amides is 3. The predicted octanol–water partition coefficient (Wildman–Crippen LogP) is 1.21. The van der Waals surface area contributed by atoms with Gasteiger partial charge in [-0.25, -0.2) is 0 Å². The van der Waals surface area contributed by atoms with Crippen molar-refractivity contribution in [1.29, 1.82) is 0 Å². The van der Waals surface area contributed by atoms with Crippen molar-refractivity contribution in [3.8, 4) is 5.75 Å². The minimum atomic E-state index is -0.669. The van der Waals surface area contributed by atoms with E-state index in [0.717, 1.165) is 5.56 Å². The number of Topliss-reactive ketones (excluding diaryl/α,β-unsaturated/α-hetero) is 2. The first-order valence-corrected chi connectivity index (χ1v) is 12.2. The Hall–Kier alpha value is -2.12. The van der Waals surface area contributed by atoms with E-state index in [1.165, 1.54) is 23.0 Å². The molecule has 0 aliphatic heterocycles. The molecule has 1 aromatic carbocycles. The molecular weight excluding hydrogens is 522 g/mol.